The summed E-state index contributed by atoms with van der Waals surface area (Å²) in [5, 5.41) is 2.95. The van der Waals surface area contributed by atoms with Gasteiger partial charge in [0.15, 0.2) is 0 Å². The number of pyridine rings is 1. The summed E-state index contributed by atoms with van der Waals surface area (Å²) >= 11 is 6.22. The van der Waals surface area contributed by atoms with E-state index in [2.05, 4.69) is 10.3 Å². The Morgan fingerprint density at radius 2 is 1.71 bits per heavy atom. The van der Waals surface area contributed by atoms with E-state index < -0.39 is 22.5 Å². The van der Waals surface area contributed by atoms with E-state index in [0.717, 1.165) is 9.87 Å². The number of hydrogen-bond acceptors (Lipinski definition) is 4. The number of nitrogens with one attached hydrogen (secondary N) is 1. The summed E-state index contributed by atoms with van der Waals surface area (Å²) < 4.78 is 27.4. The molecule has 1 aromatic heterocycles. The van der Waals surface area contributed by atoms with Crippen LogP contribution in [0.3, 0.4) is 0 Å². The van der Waals surface area contributed by atoms with Crippen LogP contribution in [0.15, 0.2) is 84.0 Å². The molecule has 0 unspecified atom stereocenters. The molecule has 1 heterocycles. The van der Waals surface area contributed by atoms with Crippen molar-refractivity contribution in [3.63, 3.8) is 0 Å². The average molecular weight is 416 g/mol. The summed E-state index contributed by atoms with van der Waals surface area (Å²) in [6, 6.07) is 18.0. The average Bonchev–Trinajstić information content (AvgIpc) is 2.72. The van der Waals surface area contributed by atoms with Crippen molar-refractivity contribution in [2.24, 2.45) is 0 Å². The first-order valence-electron chi connectivity index (χ1n) is 8.46. The Hall–Kier alpha value is -2.90. The summed E-state index contributed by atoms with van der Waals surface area (Å²) in [6.07, 6.45) is 3.27. The molecule has 0 atom stereocenters. The van der Waals surface area contributed by atoms with Crippen LogP contribution in [-0.2, 0) is 21.4 Å². The number of para-hydroxylation sites is 1. The molecule has 28 heavy (non-hydrogen) atoms. The Kier molecular flexibility index (Phi) is 6.28. The van der Waals surface area contributed by atoms with E-state index in [-0.39, 0.29) is 22.2 Å². The Bertz CT molecular complexity index is 1040. The molecule has 0 radical (unpaired) electrons. The second-order valence-electron chi connectivity index (χ2n) is 5.91. The molecule has 0 aliphatic rings. The highest BCUT2D eigenvalue weighted by atomic mass is 35.5. The van der Waals surface area contributed by atoms with Crippen LogP contribution >= 0.6 is 11.6 Å². The number of halogens is 1. The molecule has 0 saturated carbocycles. The van der Waals surface area contributed by atoms with Crippen LogP contribution in [-0.4, -0.2) is 25.9 Å². The zero-order valence-corrected chi connectivity index (χ0v) is 16.4. The number of carbonyl (C=O) groups excluding carboxylic acids is 1. The molecule has 0 fully saturated rings. The minimum Gasteiger partial charge on any atom is -0.350 e. The fraction of sp³-hybridized carbons (Fsp3) is 0.100. The molecule has 0 bridgehead atoms. The lowest BCUT2D eigenvalue weighted by molar-refractivity contribution is -0.119. The fourth-order valence-electron chi connectivity index (χ4n) is 2.56. The lowest BCUT2D eigenvalue weighted by atomic mass is 10.3. The van der Waals surface area contributed by atoms with Crippen molar-refractivity contribution in [3.05, 3.63) is 89.7 Å². The van der Waals surface area contributed by atoms with Gasteiger partial charge in [0.1, 0.15) is 6.54 Å². The topological polar surface area (TPSA) is 79.4 Å². The first-order valence-corrected chi connectivity index (χ1v) is 10.3. The third-order valence-electron chi connectivity index (χ3n) is 3.95. The highest BCUT2D eigenvalue weighted by Crippen LogP contribution is 2.30. The number of benzene rings is 2. The van der Waals surface area contributed by atoms with Gasteiger partial charge in [-0.25, -0.2) is 8.42 Å². The van der Waals surface area contributed by atoms with Gasteiger partial charge >= 0.3 is 0 Å². The molecule has 0 saturated heterocycles. The summed E-state index contributed by atoms with van der Waals surface area (Å²) in [4.78, 5) is 16.6. The number of sulfonamides is 1. The molecule has 0 aliphatic carbocycles. The van der Waals surface area contributed by atoms with E-state index in [1.165, 1.54) is 12.1 Å². The van der Waals surface area contributed by atoms with Crippen molar-refractivity contribution >= 4 is 33.2 Å². The zero-order chi connectivity index (χ0) is 20.0. The monoisotopic (exact) mass is 415 g/mol. The molecule has 3 aromatic rings. The maximum Gasteiger partial charge on any atom is 0.264 e. The third kappa shape index (κ3) is 4.68. The molecule has 1 amide bonds. The first-order chi connectivity index (χ1) is 13.5. The van der Waals surface area contributed by atoms with Crippen LogP contribution in [0.1, 0.15) is 5.56 Å². The predicted octanol–water partition coefficient (Wildman–Crippen LogP) is 3.25. The van der Waals surface area contributed by atoms with Crippen LogP contribution in [0.25, 0.3) is 0 Å². The van der Waals surface area contributed by atoms with Gasteiger partial charge in [-0.15, -0.1) is 0 Å². The maximum atomic E-state index is 13.2. The second kappa shape index (κ2) is 8.86. The predicted molar refractivity (Wildman–Crippen MR) is 109 cm³/mol. The quantitative estimate of drug-likeness (QED) is 0.642. The van der Waals surface area contributed by atoms with E-state index in [1.54, 1.807) is 60.9 Å². The van der Waals surface area contributed by atoms with Gasteiger partial charge in [-0.1, -0.05) is 48.0 Å². The van der Waals surface area contributed by atoms with Crippen molar-refractivity contribution in [2.45, 2.75) is 11.4 Å². The van der Waals surface area contributed by atoms with Gasteiger partial charge < -0.3 is 5.32 Å². The Morgan fingerprint density at radius 3 is 2.39 bits per heavy atom. The smallest absolute Gasteiger partial charge is 0.264 e. The van der Waals surface area contributed by atoms with Gasteiger partial charge in [0.2, 0.25) is 5.91 Å². The zero-order valence-electron chi connectivity index (χ0n) is 14.8. The summed E-state index contributed by atoms with van der Waals surface area (Å²) in [7, 11) is -3.98. The van der Waals surface area contributed by atoms with Crippen LogP contribution in [0.4, 0.5) is 5.69 Å². The van der Waals surface area contributed by atoms with Gasteiger partial charge in [-0.2, -0.15) is 0 Å². The lowest BCUT2D eigenvalue weighted by Crippen LogP contribution is -2.40. The van der Waals surface area contributed by atoms with Gasteiger partial charge in [0.05, 0.1) is 15.6 Å². The molecule has 2 aromatic carbocycles. The summed E-state index contributed by atoms with van der Waals surface area (Å²) in [5.74, 6) is -0.455. The van der Waals surface area contributed by atoms with Crippen LogP contribution < -0.4 is 9.62 Å². The second-order valence-corrected chi connectivity index (χ2v) is 8.18. The Morgan fingerprint density at radius 1 is 1.00 bits per heavy atom. The van der Waals surface area contributed by atoms with Crippen molar-refractivity contribution in [1.29, 1.82) is 0 Å². The summed E-state index contributed by atoms with van der Waals surface area (Å²) in [5.41, 5.74) is 1.05. The molecule has 0 aliphatic heterocycles. The van der Waals surface area contributed by atoms with Gasteiger partial charge in [-0.05, 0) is 35.9 Å². The van der Waals surface area contributed by atoms with Crippen LogP contribution in [0, 0.1) is 0 Å². The highest BCUT2D eigenvalue weighted by molar-refractivity contribution is 7.92. The Balaban J connectivity index is 1.87. The van der Waals surface area contributed by atoms with E-state index in [0.29, 0.717) is 0 Å². The van der Waals surface area contributed by atoms with E-state index in [9.17, 15) is 13.2 Å². The Labute approximate surface area is 168 Å². The SMILES string of the molecule is O=C(CN(c1ccccc1Cl)S(=O)(=O)c1ccccc1)NCc1cccnc1. The number of nitrogens with zero attached hydrogens (tertiary/aromatic N) is 2. The van der Waals surface area contributed by atoms with Crippen molar-refractivity contribution in [3.8, 4) is 0 Å². The third-order valence-corrected chi connectivity index (χ3v) is 6.05. The lowest BCUT2D eigenvalue weighted by Gasteiger charge is -2.25. The number of anilines is 1. The number of carbonyl (C=O) groups is 1. The molecule has 0 spiro atoms. The van der Waals surface area contributed by atoms with E-state index in [4.69, 9.17) is 11.6 Å². The van der Waals surface area contributed by atoms with Crippen molar-refractivity contribution < 1.29 is 13.2 Å². The van der Waals surface area contributed by atoms with Crippen LogP contribution in [0.5, 0.6) is 0 Å². The van der Waals surface area contributed by atoms with Gasteiger partial charge in [-0.3, -0.25) is 14.1 Å². The number of amides is 1. The molecule has 3 rings (SSSR count). The first kappa shape index (κ1) is 19.9. The normalized spacial score (nSPS) is 11.0. The van der Waals surface area contributed by atoms with Crippen LogP contribution in [0.2, 0.25) is 5.02 Å². The molecule has 1 N–H and O–H groups in total. The van der Waals surface area contributed by atoms with Gasteiger partial charge in [0, 0.05) is 18.9 Å². The number of hydrogen-bond donors (Lipinski definition) is 1. The summed E-state index contributed by atoms with van der Waals surface area (Å²) in [6.45, 7) is -0.157. The van der Waals surface area contributed by atoms with E-state index >= 15 is 0 Å². The molecule has 6 nitrogen and oxygen atoms in total. The van der Waals surface area contributed by atoms with Crippen molar-refractivity contribution in [1.82, 2.24) is 10.3 Å². The molecule has 144 valence electrons. The van der Waals surface area contributed by atoms with E-state index in [1.807, 2.05) is 6.07 Å². The minimum atomic E-state index is -3.98. The number of aromatic nitrogens is 1. The minimum absolute atomic E-state index is 0.0787. The van der Waals surface area contributed by atoms with Gasteiger partial charge in [0.25, 0.3) is 10.0 Å². The standard InChI is InChI=1S/C20H18ClN3O3S/c21-18-10-4-5-11-19(18)24(28(26,27)17-8-2-1-3-9-17)15-20(25)23-14-16-7-6-12-22-13-16/h1-13H,14-15H2,(H,23,25). The van der Waals surface area contributed by atoms with Crippen molar-refractivity contribution in [2.75, 3.05) is 10.8 Å². The molecule has 8 heteroatoms. The molecular weight excluding hydrogens is 398 g/mol. The highest BCUT2D eigenvalue weighted by Gasteiger charge is 2.28. The fourth-order valence-corrected chi connectivity index (χ4v) is 4.31. The largest absolute Gasteiger partial charge is 0.350 e. The maximum absolute atomic E-state index is 13.2. The molecular formula is C20H18ClN3O3S. The number of rotatable bonds is 7.